The number of imidazole rings is 1. The van der Waals surface area contributed by atoms with E-state index < -0.39 is 17.6 Å². The molecule has 0 aliphatic rings. The predicted molar refractivity (Wildman–Crippen MR) is 98.2 cm³/mol. The van der Waals surface area contributed by atoms with Gasteiger partial charge in [0, 0.05) is 17.1 Å². The predicted octanol–water partition coefficient (Wildman–Crippen LogP) is 4.43. The van der Waals surface area contributed by atoms with Crippen LogP contribution in [0.1, 0.15) is 21.1 Å². The number of nitrogens with zero attached hydrogens (tertiary/aromatic N) is 4. The molecule has 0 saturated heterocycles. The summed E-state index contributed by atoms with van der Waals surface area (Å²) in [6, 6.07) is 8.23. The van der Waals surface area contributed by atoms with Crippen LogP contribution >= 0.6 is 11.3 Å². The third kappa shape index (κ3) is 3.22. The highest BCUT2D eigenvalue weighted by atomic mass is 32.1. The average Bonchev–Trinajstić information content (AvgIpc) is 3.29. The van der Waals surface area contributed by atoms with Gasteiger partial charge in [-0.1, -0.05) is 18.2 Å². The number of nitrogens with one attached hydrogen (secondary N) is 1. The lowest BCUT2D eigenvalue weighted by Crippen LogP contribution is -2.15. The van der Waals surface area contributed by atoms with Gasteiger partial charge in [0.2, 0.25) is 0 Å². The van der Waals surface area contributed by atoms with Crippen molar-refractivity contribution in [2.24, 2.45) is 0 Å². The van der Waals surface area contributed by atoms with E-state index in [-0.39, 0.29) is 22.1 Å². The summed E-state index contributed by atoms with van der Waals surface area (Å²) in [4.78, 5) is 20.6. The number of aryl methyl sites for hydroxylation is 1. The summed E-state index contributed by atoms with van der Waals surface area (Å²) in [5.41, 5.74) is 0.161. The molecule has 1 N–H and O–H groups in total. The van der Waals surface area contributed by atoms with Crippen LogP contribution in [0.2, 0.25) is 0 Å². The number of aromatic nitrogens is 4. The van der Waals surface area contributed by atoms with E-state index >= 15 is 0 Å². The highest BCUT2D eigenvalue weighted by Crippen LogP contribution is 2.36. The van der Waals surface area contributed by atoms with E-state index in [9.17, 15) is 18.0 Å². The first-order chi connectivity index (χ1) is 13.3. The normalized spacial score (nSPS) is 11.7. The molecule has 3 aromatic heterocycles. The second kappa shape index (κ2) is 6.71. The van der Waals surface area contributed by atoms with Crippen molar-refractivity contribution in [2.45, 2.75) is 13.1 Å². The number of thiazole rings is 1. The van der Waals surface area contributed by atoms with Gasteiger partial charge in [0.05, 0.1) is 17.0 Å². The Balaban J connectivity index is 1.81. The quantitative estimate of drug-likeness (QED) is 0.549. The summed E-state index contributed by atoms with van der Waals surface area (Å²) in [5, 5.41) is 8.91. The molecule has 3 heterocycles. The molecule has 6 nitrogen and oxygen atoms in total. The van der Waals surface area contributed by atoms with Crippen molar-refractivity contribution in [1.29, 1.82) is 0 Å². The number of benzene rings is 1. The van der Waals surface area contributed by atoms with Crippen molar-refractivity contribution >= 4 is 28.7 Å². The molecule has 1 aromatic carbocycles. The standard InChI is InChI=1S/C18H12F3N5OS/c1-10-15(24-16(27)17-22-8-9-28-17)26-14(23-10)7-6-13(25-26)11-4-2-3-5-12(11)18(19,20)21/h2-9H,1H3,(H,24,27). The van der Waals surface area contributed by atoms with Crippen LogP contribution in [0.3, 0.4) is 0 Å². The van der Waals surface area contributed by atoms with Gasteiger partial charge < -0.3 is 5.32 Å². The maximum Gasteiger partial charge on any atom is 0.417 e. The molecule has 0 radical (unpaired) electrons. The number of alkyl halides is 3. The summed E-state index contributed by atoms with van der Waals surface area (Å²) in [6.45, 7) is 1.68. The van der Waals surface area contributed by atoms with Gasteiger partial charge in [-0.3, -0.25) is 4.79 Å². The number of carbonyl (C=O) groups is 1. The summed E-state index contributed by atoms with van der Waals surface area (Å²) in [5.74, 6) is -0.163. The van der Waals surface area contributed by atoms with Gasteiger partial charge >= 0.3 is 6.18 Å². The lowest BCUT2D eigenvalue weighted by molar-refractivity contribution is -0.137. The Bertz CT molecular complexity index is 1170. The molecule has 10 heteroatoms. The second-order valence-corrected chi connectivity index (χ2v) is 6.76. The Kier molecular flexibility index (Phi) is 4.34. The van der Waals surface area contributed by atoms with Crippen LogP contribution in [-0.2, 0) is 6.18 Å². The molecule has 0 saturated carbocycles. The Morgan fingerprint density at radius 3 is 2.68 bits per heavy atom. The van der Waals surface area contributed by atoms with Crippen LogP contribution in [0.4, 0.5) is 19.0 Å². The van der Waals surface area contributed by atoms with E-state index in [2.05, 4.69) is 20.4 Å². The number of fused-ring (bicyclic) bond motifs is 1. The maximum atomic E-state index is 13.4. The van der Waals surface area contributed by atoms with Gasteiger partial charge in [0.25, 0.3) is 5.91 Å². The van der Waals surface area contributed by atoms with Gasteiger partial charge in [-0.05, 0) is 25.1 Å². The molecular formula is C18H12F3N5OS. The minimum absolute atomic E-state index is 0.0551. The van der Waals surface area contributed by atoms with E-state index in [4.69, 9.17) is 0 Å². The van der Waals surface area contributed by atoms with Crippen LogP contribution in [0, 0.1) is 6.92 Å². The third-order valence-electron chi connectivity index (χ3n) is 4.02. The lowest BCUT2D eigenvalue weighted by atomic mass is 10.0. The van der Waals surface area contributed by atoms with E-state index in [0.717, 1.165) is 6.07 Å². The minimum atomic E-state index is -4.51. The molecule has 0 spiro atoms. The number of anilines is 1. The zero-order valence-corrected chi connectivity index (χ0v) is 15.2. The Hall–Kier alpha value is -3.27. The molecule has 0 bridgehead atoms. The van der Waals surface area contributed by atoms with E-state index in [0.29, 0.717) is 11.3 Å². The van der Waals surface area contributed by atoms with Gasteiger partial charge in [-0.25, -0.2) is 9.97 Å². The van der Waals surface area contributed by atoms with Gasteiger partial charge in [-0.2, -0.15) is 22.8 Å². The number of hydrogen-bond donors (Lipinski definition) is 1. The van der Waals surface area contributed by atoms with Crippen molar-refractivity contribution < 1.29 is 18.0 Å². The van der Waals surface area contributed by atoms with Crippen molar-refractivity contribution in [1.82, 2.24) is 19.6 Å². The first-order valence-electron chi connectivity index (χ1n) is 8.08. The summed E-state index contributed by atoms with van der Waals surface area (Å²) in [6.07, 6.45) is -3.01. The Morgan fingerprint density at radius 1 is 1.18 bits per heavy atom. The van der Waals surface area contributed by atoms with Crippen molar-refractivity contribution in [2.75, 3.05) is 5.32 Å². The molecule has 4 aromatic rings. The zero-order chi connectivity index (χ0) is 19.9. The smallest absolute Gasteiger partial charge is 0.303 e. The van der Waals surface area contributed by atoms with Gasteiger partial charge in [0.15, 0.2) is 16.5 Å². The first kappa shape index (κ1) is 18.1. The van der Waals surface area contributed by atoms with Crippen LogP contribution in [0.15, 0.2) is 48.0 Å². The molecule has 0 atom stereocenters. The highest BCUT2D eigenvalue weighted by molar-refractivity contribution is 7.11. The molecule has 142 valence electrons. The fourth-order valence-electron chi connectivity index (χ4n) is 2.78. The lowest BCUT2D eigenvalue weighted by Gasteiger charge is -2.12. The van der Waals surface area contributed by atoms with Gasteiger partial charge in [0.1, 0.15) is 0 Å². The Labute approximate surface area is 160 Å². The summed E-state index contributed by atoms with van der Waals surface area (Å²) < 4.78 is 41.4. The monoisotopic (exact) mass is 403 g/mol. The SMILES string of the molecule is Cc1nc2ccc(-c3ccccc3C(F)(F)F)nn2c1NC(=O)c1nccs1. The number of halogens is 3. The van der Waals surface area contributed by atoms with Crippen LogP contribution in [0.25, 0.3) is 16.9 Å². The number of hydrogen-bond acceptors (Lipinski definition) is 5. The van der Waals surface area contributed by atoms with Crippen molar-refractivity contribution in [3.63, 3.8) is 0 Å². The molecule has 0 aliphatic carbocycles. The molecule has 28 heavy (non-hydrogen) atoms. The minimum Gasteiger partial charge on any atom is -0.303 e. The second-order valence-electron chi connectivity index (χ2n) is 5.87. The fourth-order valence-corrected chi connectivity index (χ4v) is 3.31. The zero-order valence-electron chi connectivity index (χ0n) is 14.4. The Morgan fingerprint density at radius 2 is 1.96 bits per heavy atom. The molecule has 0 unspecified atom stereocenters. The summed E-state index contributed by atoms with van der Waals surface area (Å²) >= 11 is 1.17. The van der Waals surface area contributed by atoms with E-state index in [1.807, 2.05) is 0 Å². The van der Waals surface area contributed by atoms with Crippen LogP contribution < -0.4 is 5.32 Å². The molecule has 1 amide bonds. The largest absolute Gasteiger partial charge is 0.417 e. The number of carbonyl (C=O) groups excluding carboxylic acids is 1. The third-order valence-corrected chi connectivity index (χ3v) is 4.79. The summed E-state index contributed by atoms with van der Waals surface area (Å²) in [7, 11) is 0. The van der Waals surface area contributed by atoms with Gasteiger partial charge in [-0.15, -0.1) is 11.3 Å². The van der Waals surface area contributed by atoms with E-state index in [1.165, 1.54) is 46.3 Å². The average molecular weight is 403 g/mol. The number of amides is 1. The number of rotatable bonds is 3. The molecule has 4 rings (SSSR count). The highest BCUT2D eigenvalue weighted by Gasteiger charge is 2.33. The first-order valence-corrected chi connectivity index (χ1v) is 8.96. The fraction of sp³-hybridized carbons (Fsp3) is 0.111. The maximum absolute atomic E-state index is 13.4. The molecular weight excluding hydrogens is 391 g/mol. The van der Waals surface area contributed by atoms with E-state index in [1.54, 1.807) is 18.4 Å². The van der Waals surface area contributed by atoms with Crippen molar-refractivity contribution in [3.8, 4) is 11.3 Å². The van der Waals surface area contributed by atoms with Crippen LogP contribution in [-0.4, -0.2) is 25.5 Å². The molecule has 0 aliphatic heterocycles. The molecule has 0 fully saturated rings. The van der Waals surface area contributed by atoms with Crippen molar-refractivity contribution in [3.05, 3.63) is 64.2 Å². The topological polar surface area (TPSA) is 72.2 Å². The van der Waals surface area contributed by atoms with Crippen LogP contribution in [0.5, 0.6) is 0 Å².